The van der Waals surface area contributed by atoms with Crippen LogP contribution >= 0.6 is 0 Å². The van der Waals surface area contributed by atoms with E-state index in [1.807, 2.05) is 60.7 Å². The molecule has 0 aliphatic rings. The smallest absolute Gasteiger partial charge is 0.144 e. The van der Waals surface area contributed by atoms with Gasteiger partial charge in [0.25, 0.3) is 0 Å². The molecule has 0 saturated heterocycles. The monoisotopic (exact) mass is 294 g/mol. The number of benzene rings is 2. The summed E-state index contributed by atoms with van der Waals surface area (Å²) in [6, 6.07) is 21.8. The lowest BCUT2D eigenvalue weighted by Gasteiger charge is -2.19. The van der Waals surface area contributed by atoms with Crippen molar-refractivity contribution in [2.75, 3.05) is 6.67 Å². The normalized spacial score (nSPS) is 13.0. The molecule has 0 heterocycles. The number of nitriles is 1. The van der Waals surface area contributed by atoms with E-state index in [9.17, 15) is 9.65 Å². The highest BCUT2D eigenvalue weighted by atomic mass is 19.1. The number of alkyl halides is 1. The van der Waals surface area contributed by atoms with Gasteiger partial charge in [0.05, 0.1) is 18.5 Å². The van der Waals surface area contributed by atoms with Crippen LogP contribution in [0.3, 0.4) is 0 Å². The lowest BCUT2D eigenvalue weighted by Crippen LogP contribution is -2.23. The highest BCUT2D eigenvalue weighted by Gasteiger charge is 2.24. The van der Waals surface area contributed by atoms with E-state index in [1.54, 1.807) is 6.92 Å². The molecular weight excluding hydrogens is 275 g/mol. The van der Waals surface area contributed by atoms with Crippen LogP contribution in [0.5, 0.6) is 0 Å². The van der Waals surface area contributed by atoms with Gasteiger partial charge in [0.1, 0.15) is 5.54 Å². The predicted octanol–water partition coefficient (Wildman–Crippen LogP) is 4.56. The number of nitrogens with zero attached hydrogens (tertiary/aromatic N) is 2. The molecule has 2 nitrogen and oxygen atoms in total. The molecule has 1 atom stereocenters. The van der Waals surface area contributed by atoms with Gasteiger partial charge in [-0.05, 0) is 19.8 Å². The molecule has 0 fully saturated rings. The van der Waals surface area contributed by atoms with Gasteiger partial charge in [-0.15, -0.1) is 0 Å². The summed E-state index contributed by atoms with van der Waals surface area (Å²) in [6.45, 7) is 1.33. The van der Waals surface area contributed by atoms with Crippen molar-refractivity contribution in [1.82, 2.24) is 0 Å². The average molecular weight is 294 g/mol. The van der Waals surface area contributed by atoms with Crippen molar-refractivity contribution in [2.24, 2.45) is 4.99 Å². The third kappa shape index (κ3) is 4.02. The molecule has 2 rings (SSSR count). The summed E-state index contributed by atoms with van der Waals surface area (Å²) >= 11 is 0. The Hall–Kier alpha value is -2.47. The third-order valence-corrected chi connectivity index (χ3v) is 3.49. The molecule has 0 unspecified atom stereocenters. The van der Waals surface area contributed by atoms with Gasteiger partial charge < -0.3 is 0 Å². The summed E-state index contributed by atoms with van der Waals surface area (Å²) in [7, 11) is 0. The van der Waals surface area contributed by atoms with Crippen molar-refractivity contribution in [3.8, 4) is 6.07 Å². The summed E-state index contributed by atoms with van der Waals surface area (Å²) in [4.78, 5) is 4.69. The van der Waals surface area contributed by atoms with Gasteiger partial charge in [0.15, 0.2) is 0 Å². The quantitative estimate of drug-likeness (QED) is 0.720. The van der Waals surface area contributed by atoms with Gasteiger partial charge >= 0.3 is 0 Å². The lowest BCUT2D eigenvalue weighted by molar-refractivity contribution is 0.422. The molecule has 0 bridgehead atoms. The van der Waals surface area contributed by atoms with Gasteiger partial charge in [-0.25, -0.2) is 0 Å². The summed E-state index contributed by atoms with van der Waals surface area (Å²) in [5.74, 6) is 0. The second-order valence-electron chi connectivity index (χ2n) is 5.37. The number of hydrogen-bond acceptors (Lipinski definition) is 2. The van der Waals surface area contributed by atoms with E-state index in [4.69, 9.17) is 4.99 Å². The lowest BCUT2D eigenvalue weighted by atomic mass is 9.96. The van der Waals surface area contributed by atoms with Crippen molar-refractivity contribution < 1.29 is 4.39 Å². The highest BCUT2D eigenvalue weighted by Crippen LogP contribution is 2.21. The minimum atomic E-state index is -0.924. The molecule has 0 aliphatic heterocycles. The molecule has 0 saturated carbocycles. The van der Waals surface area contributed by atoms with Crippen LogP contribution in [-0.2, 0) is 0 Å². The maximum atomic E-state index is 12.5. The average Bonchev–Trinajstić information content (AvgIpc) is 2.59. The molecule has 0 amide bonds. The van der Waals surface area contributed by atoms with Crippen LogP contribution in [-0.4, -0.2) is 17.9 Å². The van der Waals surface area contributed by atoms with E-state index in [1.165, 1.54) is 0 Å². The minimum absolute atomic E-state index is 0.338. The van der Waals surface area contributed by atoms with Gasteiger partial charge in [0, 0.05) is 11.1 Å². The molecule has 112 valence electrons. The molecule has 0 aromatic heterocycles. The Morgan fingerprint density at radius 1 is 1.05 bits per heavy atom. The Bertz CT molecular complexity index is 617. The molecular formula is C19H19FN2. The van der Waals surface area contributed by atoms with Gasteiger partial charge in [-0.2, -0.15) is 5.26 Å². The molecule has 0 N–H and O–H groups in total. The minimum Gasteiger partial charge on any atom is -0.263 e. The fourth-order valence-corrected chi connectivity index (χ4v) is 2.28. The summed E-state index contributed by atoms with van der Waals surface area (Å²) in [5, 5.41) is 9.48. The van der Waals surface area contributed by atoms with E-state index in [2.05, 4.69) is 6.07 Å². The zero-order valence-electron chi connectivity index (χ0n) is 12.7. The molecule has 22 heavy (non-hydrogen) atoms. The van der Waals surface area contributed by atoms with Gasteiger partial charge in [-0.3, -0.25) is 9.38 Å². The maximum Gasteiger partial charge on any atom is 0.144 e. The summed E-state index contributed by atoms with van der Waals surface area (Å²) in [6.07, 6.45) is 0.744. The zero-order valence-corrected chi connectivity index (χ0v) is 12.7. The first-order valence-corrected chi connectivity index (χ1v) is 7.36. The Balaban J connectivity index is 2.49. The summed E-state index contributed by atoms with van der Waals surface area (Å²) in [5.41, 5.74) is 1.75. The highest BCUT2D eigenvalue weighted by molar-refractivity contribution is 6.13. The van der Waals surface area contributed by atoms with Crippen LogP contribution in [0.15, 0.2) is 65.7 Å². The van der Waals surface area contributed by atoms with Crippen LogP contribution in [0.25, 0.3) is 0 Å². The van der Waals surface area contributed by atoms with Crippen LogP contribution < -0.4 is 0 Å². The molecule has 0 radical (unpaired) electrons. The van der Waals surface area contributed by atoms with Crippen molar-refractivity contribution >= 4 is 5.71 Å². The summed E-state index contributed by atoms with van der Waals surface area (Å²) < 4.78 is 12.5. The van der Waals surface area contributed by atoms with Gasteiger partial charge in [-0.1, -0.05) is 60.7 Å². The van der Waals surface area contributed by atoms with Crippen molar-refractivity contribution in [1.29, 1.82) is 5.26 Å². The number of aliphatic imine (C=N–C) groups is 1. The SMILES string of the molecule is C[C@](C#N)(CCCF)N=C(c1ccccc1)c1ccccc1. The largest absolute Gasteiger partial charge is 0.263 e. The van der Waals surface area contributed by atoms with E-state index < -0.39 is 12.2 Å². The topological polar surface area (TPSA) is 36.1 Å². The maximum absolute atomic E-state index is 12.5. The van der Waals surface area contributed by atoms with Crippen LogP contribution in [0, 0.1) is 11.3 Å². The van der Waals surface area contributed by atoms with E-state index in [0.29, 0.717) is 12.8 Å². The second-order valence-corrected chi connectivity index (χ2v) is 5.37. The molecule has 0 spiro atoms. The van der Waals surface area contributed by atoms with Crippen molar-refractivity contribution in [3.63, 3.8) is 0 Å². The first kappa shape index (κ1) is 15.9. The Morgan fingerprint density at radius 2 is 1.55 bits per heavy atom. The van der Waals surface area contributed by atoms with E-state index in [-0.39, 0.29) is 0 Å². The number of rotatable bonds is 6. The molecule has 2 aromatic carbocycles. The first-order chi connectivity index (χ1) is 10.7. The van der Waals surface area contributed by atoms with Gasteiger partial charge in [0.2, 0.25) is 0 Å². The second kappa shape index (κ2) is 7.51. The van der Waals surface area contributed by atoms with E-state index >= 15 is 0 Å². The van der Waals surface area contributed by atoms with Crippen LogP contribution in [0.2, 0.25) is 0 Å². The fourth-order valence-electron chi connectivity index (χ4n) is 2.28. The van der Waals surface area contributed by atoms with Crippen LogP contribution in [0.4, 0.5) is 4.39 Å². The predicted molar refractivity (Wildman–Crippen MR) is 87.8 cm³/mol. The van der Waals surface area contributed by atoms with Crippen LogP contribution in [0.1, 0.15) is 30.9 Å². The molecule has 2 aromatic rings. The Labute approximate surface area is 130 Å². The Kier molecular flexibility index (Phi) is 5.43. The fraction of sp³-hybridized carbons (Fsp3) is 0.263. The van der Waals surface area contributed by atoms with Crippen molar-refractivity contribution in [3.05, 3.63) is 71.8 Å². The Morgan fingerprint density at radius 3 is 1.95 bits per heavy atom. The molecule has 3 heteroatoms. The third-order valence-electron chi connectivity index (χ3n) is 3.49. The van der Waals surface area contributed by atoms with Crippen molar-refractivity contribution in [2.45, 2.75) is 25.3 Å². The standard InChI is InChI=1S/C19H19FN2/c1-19(15-21,13-8-14-20)22-18(16-9-4-2-5-10-16)17-11-6-3-7-12-17/h2-7,9-12H,8,13-14H2,1H3/t19-/m1/s1. The first-order valence-electron chi connectivity index (χ1n) is 7.36. The number of hydrogen-bond donors (Lipinski definition) is 0. The van der Waals surface area contributed by atoms with E-state index in [0.717, 1.165) is 16.8 Å². The number of halogens is 1. The zero-order chi connectivity index (χ0) is 15.8. The molecule has 0 aliphatic carbocycles.